The van der Waals surface area contributed by atoms with Gasteiger partial charge in [0.2, 0.25) is 5.91 Å². The third-order valence-electron chi connectivity index (χ3n) is 5.23. The molecule has 1 heterocycles. The number of ether oxygens (including phenoxy) is 1. The second kappa shape index (κ2) is 7.56. The first kappa shape index (κ1) is 18.8. The maximum atomic E-state index is 12.4. The lowest BCUT2D eigenvalue weighted by molar-refractivity contribution is -0.128. The molecule has 1 amide bonds. The zero-order valence-electron chi connectivity index (χ0n) is 15.8. The Balaban J connectivity index is 2.20. The van der Waals surface area contributed by atoms with Crippen LogP contribution in [0.15, 0.2) is 24.3 Å². The van der Waals surface area contributed by atoms with E-state index in [1.54, 1.807) is 7.11 Å². The van der Waals surface area contributed by atoms with E-state index in [9.17, 15) is 4.79 Å². The monoisotopic (exact) mass is 332 g/mol. The predicted molar refractivity (Wildman–Crippen MR) is 98.5 cm³/mol. The number of carbonyl (C=O) groups excluding carboxylic acids is 1. The van der Waals surface area contributed by atoms with Crippen LogP contribution in [-0.4, -0.2) is 44.1 Å². The molecule has 1 aromatic rings. The average molecular weight is 332 g/mol. The fourth-order valence-corrected chi connectivity index (χ4v) is 3.32. The van der Waals surface area contributed by atoms with Gasteiger partial charge in [0.05, 0.1) is 7.11 Å². The van der Waals surface area contributed by atoms with E-state index in [4.69, 9.17) is 4.74 Å². The molecule has 0 aromatic heterocycles. The van der Waals surface area contributed by atoms with Gasteiger partial charge in [-0.05, 0) is 50.2 Å². The Morgan fingerprint density at radius 3 is 2.25 bits per heavy atom. The van der Waals surface area contributed by atoms with Crippen LogP contribution in [0.4, 0.5) is 0 Å². The maximum Gasteiger partial charge on any atom is 0.225 e. The molecule has 134 valence electrons. The van der Waals surface area contributed by atoms with Crippen molar-refractivity contribution in [2.24, 2.45) is 5.41 Å². The lowest BCUT2D eigenvalue weighted by Gasteiger charge is -2.42. The summed E-state index contributed by atoms with van der Waals surface area (Å²) in [5.74, 6) is 0.993. The van der Waals surface area contributed by atoms with Crippen molar-refractivity contribution in [3.05, 3.63) is 29.8 Å². The summed E-state index contributed by atoms with van der Waals surface area (Å²) in [5, 5.41) is 3.20. The summed E-state index contributed by atoms with van der Waals surface area (Å²) in [6.07, 6.45) is 2.13. The summed E-state index contributed by atoms with van der Waals surface area (Å²) >= 11 is 0. The van der Waals surface area contributed by atoms with Gasteiger partial charge in [-0.25, -0.2) is 0 Å². The molecule has 1 N–H and O–H groups in total. The van der Waals surface area contributed by atoms with Crippen LogP contribution in [0, 0.1) is 5.41 Å². The Morgan fingerprint density at radius 2 is 1.79 bits per heavy atom. The molecular weight excluding hydrogens is 300 g/mol. The average Bonchev–Trinajstić information content (AvgIpc) is 2.59. The Labute approximate surface area is 146 Å². The molecule has 4 nitrogen and oxygen atoms in total. The molecule has 1 aliphatic heterocycles. The van der Waals surface area contributed by atoms with Gasteiger partial charge >= 0.3 is 0 Å². The standard InChI is InChI=1S/C20H32N2O2/c1-6-22-13-11-20(12-14-22,15-21-18(23)19(2,3)4)16-7-9-17(24-5)10-8-16/h7-10H,6,11-15H2,1-5H3,(H,21,23). The second-order valence-corrected chi connectivity index (χ2v) is 7.88. The topological polar surface area (TPSA) is 41.6 Å². The molecule has 1 fully saturated rings. The first-order valence-electron chi connectivity index (χ1n) is 8.96. The Kier molecular flexibility index (Phi) is 5.92. The van der Waals surface area contributed by atoms with Crippen molar-refractivity contribution in [2.75, 3.05) is 33.3 Å². The highest BCUT2D eigenvalue weighted by molar-refractivity contribution is 5.81. The van der Waals surface area contributed by atoms with Crippen LogP contribution in [0.2, 0.25) is 0 Å². The highest BCUT2D eigenvalue weighted by atomic mass is 16.5. The lowest BCUT2D eigenvalue weighted by atomic mass is 9.72. The zero-order valence-corrected chi connectivity index (χ0v) is 15.8. The summed E-state index contributed by atoms with van der Waals surface area (Å²) in [6.45, 7) is 12.0. The van der Waals surface area contributed by atoms with Crippen molar-refractivity contribution >= 4 is 5.91 Å². The third-order valence-corrected chi connectivity index (χ3v) is 5.23. The minimum Gasteiger partial charge on any atom is -0.497 e. The quantitative estimate of drug-likeness (QED) is 0.900. The molecule has 4 heteroatoms. The number of methoxy groups -OCH3 is 1. The van der Waals surface area contributed by atoms with Crippen LogP contribution in [-0.2, 0) is 10.2 Å². The van der Waals surface area contributed by atoms with Crippen LogP contribution in [0.3, 0.4) is 0 Å². The van der Waals surface area contributed by atoms with Gasteiger partial charge in [0.1, 0.15) is 5.75 Å². The highest BCUT2D eigenvalue weighted by Crippen LogP contribution is 2.36. The van der Waals surface area contributed by atoms with E-state index in [1.807, 2.05) is 32.9 Å². The smallest absolute Gasteiger partial charge is 0.225 e. The molecule has 1 aromatic carbocycles. The highest BCUT2D eigenvalue weighted by Gasteiger charge is 2.37. The van der Waals surface area contributed by atoms with Crippen molar-refractivity contribution in [3.63, 3.8) is 0 Å². The molecule has 0 atom stereocenters. The molecule has 1 saturated heterocycles. The number of rotatable bonds is 5. The molecule has 0 bridgehead atoms. The Bertz CT molecular complexity index is 538. The second-order valence-electron chi connectivity index (χ2n) is 7.88. The number of nitrogens with zero attached hydrogens (tertiary/aromatic N) is 1. The molecule has 0 spiro atoms. The van der Waals surface area contributed by atoms with Gasteiger partial charge in [0.15, 0.2) is 0 Å². The fraction of sp³-hybridized carbons (Fsp3) is 0.650. The van der Waals surface area contributed by atoms with Gasteiger partial charge in [0.25, 0.3) is 0 Å². The summed E-state index contributed by atoms with van der Waals surface area (Å²) in [6, 6.07) is 8.36. The number of likely N-dealkylation sites (tertiary alicyclic amines) is 1. The van der Waals surface area contributed by atoms with Crippen LogP contribution in [0.25, 0.3) is 0 Å². The van der Waals surface area contributed by atoms with Crippen molar-refractivity contribution in [2.45, 2.75) is 46.0 Å². The van der Waals surface area contributed by atoms with Gasteiger partial charge in [-0.2, -0.15) is 0 Å². The summed E-state index contributed by atoms with van der Waals surface area (Å²) in [7, 11) is 1.69. The van der Waals surface area contributed by atoms with Gasteiger partial charge in [-0.3, -0.25) is 4.79 Å². The first-order chi connectivity index (χ1) is 11.3. The Hall–Kier alpha value is -1.55. The SMILES string of the molecule is CCN1CCC(CNC(=O)C(C)(C)C)(c2ccc(OC)cc2)CC1. The molecule has 0 aliphatic carbocycles. The van der Waals surface area contributed by atoms with E-state index in [0.29, 0.717) is 6.54 Å². The maximum absolute atomic E-state index is 12.4. The van der Waals surface area contributed by atoms with E-state index in [1.165, 1.54) is 5.56 Å². The zero-order chi connectivity index (χ0) is 17.8. The predicted octanol–water partition coefficient (Wildman–Crippen LogP) is 3.21. The van der Waals surface area contributed by atoms with Crippen LogP contribution < -0.4 is 10.1 Å². The van der Waals surface area contributed by atoms with E-state index >= 15 is 0 Å². The molecule has 0 saturated carbocycles. The Morgan fingerprint density at radius 1 is 1.21 bits per heavy atom. The van der Waals surface area contributed by atoms with E-state index in [2.05, 4.69) is 29.3 Å². The number of hydrogen-bond acceptors (Lipinski definition) is 3. The molecular formula is C20H32N2O2. The number of benzene rings is 1. The van der Waals surface area contributed by atoms with Crippen LogP contribution >= 0.6 is 0 Å². The number of carbonyl (C=O) groups is 1. The number of amides is 1. The minimum atomic E-state index is -0.356. The third kappa shape index (κ3) is 4.29. The van der Waals surface area contributed by atoms with E-state index in [0.717, 1.165) is 38.2 Å². The number of piperidine rings is 1. The summed E-state index contributed by atoms with van der Waals surface area (Å²) < 4.78 is 5.29. The van der Waals surface area contributed by atoms with Crippen LogP contribution in [0.1, 0.15) is 46.1 Å². The number of hydrogen-bond donors (Lipinski definition) is 1. The largest absolute Gasteiger partial charge is 0.497 e. The van der Waals surface area contributed by atoms with E-state index < -0.39 is 0 Å². The first-order valence-corrected chi connectivity index (χ1v) is 8.96. The fourth-order valence-electron chi connectivity index (χ4n) is 3.32. The number of nitrogens with one attached hydrogen (secondary N) is 1. The van der Waals surface area contributed by atoms with Gasteiger partial charge in [-0.1, -0.05) is 39.8 Å². The van der Waals surface area contributed by atoms with Gasteiger partial charge in [-0.15, -0.1) is 0 Å². The molecule has 0 radical (unpaired) electrons. The van der Waals surface area contributed by atoms with Crippen molar-refractivity contribution < 1.29 is 9.53 Å². The summed E-state index contributed by atoms with van der Waals surface area (Å²) in [5.41, 5.74) is 0.956. The van der Waals surface area contributed by atoms with E-state index in [-0.39, 0.29) is 16.7 Å². The molecule has 0 unspecified atom stereocenters. The minimum absolute atomic E-state index is 0.0127. The van der Waals surface area contributed by atoms with Gasteiger partial charge < -0.3 is 15.0 Å². The van der Waals surface area contributed by atoms with Crippen molar-refractivity contribution in [3.8, 4) is 5.75 Å². The summed E-state index contributed by atoms with van der Waals surface area (Å²) in [4.78, 5) is 14.8. The normalized spacial score (nSPS) is 18.2. The lowest BCUT2D eigenvalue weighted by Crippen LogP contribution is -2.50. The van der Waals surface area contributed by atoms with Crippen molar-refractivity contribution in [1.29, 1.82) is 0 Å². The van der Waals surface area contributed by atoms with Gasteiger partial charge in [0, 0.05) is 17.4 Å². The van der Waals surface area contributed by atoms with Crippen molar-refractivity contribution in [1.82, 2.24) is 10.2 Å². The molecule has 2 rings (SSSR count). The molecule has 1 aliphatic rings. The molecule has 24 heavy (non-hydrogen) atoms. The van der Waals surface area contributed by atoms with Crippen LogP contribution in [0.5, 0.6) is 5.75 Å².